The minimum Gasteiger partial charge on any atom is -0.312 e. The average Bonchev–Trinajstić information content (AvgIpc) is 2.85. The highest BCUT2D eigenvalue weighted by molar-refractivity contribution is 9.10. The summed E-state index contributed by atoms with van der Waals surface area (Å²) in [5.41, 5.74) is 1.44. The van der Waals surface area contributed by atoms with Crippen LogP contribution >= 0.6 is 27.7 Å². The zero-order valence-electron chi connectivity index (χ0n) is 11.9. The Balaban J connectivity index is 1.99. The standard InChI is InChI=1S/C16H24BrNS/c1-12(2)10-18-11-13-9-14(17)7-8-16(13)19-15-5-3-4-6-15/h7-9,12,15,18H,3-6,10-11H2,1-2H3. The lowest BCUT2D eigenvalue weighted by atomic mass is 10.2. The molecule has 0 spiro atoms. The van der Waals surface area contributed by atoms with Crippen LogP contribution in [0.4, 0.5) is 0 Å². The van der Waals surface area contributed by atoms with Gasteiger partial charge < -0.3 is 5.32 Å². The fourth-order valence-corrected chi connectivity index (χ4v) is 4.25. The predicted octanol–water partition coefficient (Wildman–Crippen LogP) is 5.23. The van der Waals surface area contributed by atoms with Crippen molar-refractivity contribution >= 4 is 27.7 Å². The fourth-order valence-electron chi connectivity index (χ4n) is 2.48. The number of rotatable bonds is 6. The second-order valence-corrected chi connectivity index (χ2v) is 8.06. The van der Waals surface area contributed by atoms with Crippen LogP contribution in [0.2, 0.25) is 0 Å². The van der Waals surface area contributed by atoms with E-state index >= 15 is 0 Å². The topological polar surface area (TPSA) is 12.0 Å². The van der Waals surface area contributed by atoms with E-state index in [2.05, 4.69) is 65.1 Å². The molecule has 106 valence electrons. The van der Waals surface area contributed by atoms with Gasteiger partial charge in [0.25, 0.3) is 0 Å². The van der Waals surface area contributed by atoms with Crippen LogP contribution in [-0.2, 0) is 6.54 Å². The van der Waals surface area contributed by atoms with Crippen LogP contribution in [0.5, 0.6) is 0 Å². The van der Waals surface area contributed by atoms with Gasteiger partial charge in [-0.1, -0.05) is 42.6 Å². The molecule has 0 radical (unpaired) electrons. The zero-order valence-corrected chi connectivity index (χ0v) is 14.3. The second-order valence-electron chi connectivity index (χ2n) is 5.80. The van der Waals surface area contributed by atoms with Crippen molar-refractivity contribution in [1.82, 2.24) is 5.32 Å². The first-order chi connectivity index (χ1) is 9.15. The molecule has 0 saturated heterocycles. The number of hydrogen-bond donors (Lipinski definition) is 1. The van der Waals surface area contributed by atoms with E-state index in [1.807, 2.05) is 0 Å². The Morgan fingerprint density at radius 2 is 2.05 bits per heavy atom. The van der Waals surface area contributed by atoms with Gasteiger partial charge in [-0.3, -0.25) is 0 Å². The average molecular weight is 342 g/mol. The molecule has 3 heteroatoms. The van der Waals surface area contributed by atoms with Crippen molar-refractivity contribution in [3.8, 4) is 0 Å². The van der Waals surface area contributed by atoms with E-state index < -0.39 is 0 Å². The molecule has 0 unspecified atom stereocenters. The van der Waals surface area contributed by atoms with E-state index in [0.29, 0.717) is 5.92 Å². The van der Waals surface area contributed by atoms with Crippen LogP contribution in [0.25, 0.3) is 0 Å². The molecule has 0 aromatic heterocycles. The van der Waals surface area contributed by atoms with E-state index in [1.54, 1.807) is 0 Å². The Morgan fingerprint density at radius 1 is 1.32 bits per heavy atom. The Bertz CT molecular complexity index is 400. The summed E-state index contributed by atoms with van der Waals surface area (Å²) in [5, 5.41) is 4.40. The Morgan fingerprint density at radius 3 is 2.74 bits per heavy atom. The van der Waals surface area contributed by atoms with Crippen molar-refractivity contribution in [2.24, 2.45) is 5.92 Å². The van der Waals surface area contributed by atoms with E-state index in [0.717, 1.165) is 18.3 Å². The quantitative estimate of drug-likeness (QED) is 0.760. The van der Waals surface area contributed by atoms with Crippen LogP contribution in [0.1, 0.15) is 45.1 Å². The molecular weight excluding hydrogens is 318 g/mol. The van der Waals surface area contributed by atoms with E-state index in [1.165, 1.54) is 40.6 Å². The summed E-state index contributed by atoms with van der Waals surface area (Å²) in [5.74, 6) is 0.707. The van der Waals surface area contributed by atoms with Gasteiger partial charge in [0.15, 0.2) is 0 Å². The summed E-state index contributed by atoms with van der Waals surface area (Å²) in [6, 6.07) is 6.72. The van der Waals surface area contributed by atoms with Gasteiger partial charge in [0.1, 0.15) is 0 Å². The molecule has 1 aromatic carbocycles. The fraction of sp³-hybridized carbons (Fsp3) is 0.625. The van der Waals surface area contributed by atoms with Gasteiger partial charge in [-0.25, -0.2) is 0 Å². The lowest BCUT2D eigenvalue weighted by Gasteiger charge is -2.15. The molecule has 1 nitrogen and oxygen atoms in total. The number of thioether (sulfide) groups is 1. The predicted molar refractivity (Wildman–Crippen MR) is 88.8 cm³/mol. The normalized spacial score (nSPS) is 16.4. The first-order valence-electron chi connectivity index (χ1n) is 7.31. The first kappa shape index (κ1) is 15.4. The highest BCUT2D eigenvalue weighted by Crippen LogP contribution is 2.37. The van der Waals surface area contributed by atoms with Crippen LogP contribution in [0, 0.1) is 5.92 Å². The van der Waals surface area contributed by atoms with Crippen LogP contribution in [0.3, 0.4) is 0 Å². The summed E-state index contributed by atoms with van der Waals surface area (Å²) in [4.78, 5) is 1.46. The lowest BCUT2D eigenvalue weighted by Crippen LogP contribution is -2.19. The van der Waals surface area contributed by atoms with E-state index in [-0.39, 0.29) is 0 Å². The van der Waals surface area contributed by atoms with Crippen molar-refractivity contribution in [2.75, 3.05) is 6.54 Å². The smallest absolute Gasteiger partial charge is 0.0217 e. The molecule has 1 fully saturated rings. The molecule has 0 bridgehead atoms. The summed E-state index contributed by atoms with van der Waals surface area (Å²) in [7, 11) is 0. The molecule has 1 N–H and O–H groups in total. The third-order valence-corrected chi connectivity index (χ3v) is 5.44. The number of nitrogens with one attached hydrogen (secondary N) is 1. The Labute approximate surface area is 130 Å². The van der Waals surface area contributed by atoms with Crippen molar-refractivity contribution < 1.29 is 0 Å². The molecule has 1 aromatic rings. The highest BCUT2D eigenvalue weighted by atomic mass is 79.9. The third kappa shape index (κ3) is 5.13. The molecule has 0 atom stereocenters. The van der Waals surface area contributed by atoms with E-state index in [9.17, 15) is 0 Å². The summed E-state index contributed by atoms with van der Waals surface area (Å²) < 4.78 is 1.18. The SMILES string of the molecule is CC(C)CNCc1cc(Br)ccc1SC1CCCC1. The third-order valence-electron chi connectivity index (χ3n) is 3.49. The summed E-state index contributed by atoms with van der Waals surface area (Å²) >= 11 is 5.68. The highest BCUT2D eigenvalue weighted by Gasteiger charge is 2.17. The zero-order chi connectivity index (χ0) is 13.7. The molecule has 2 rings (SSSR count). The monoisotopic (exact) mass is 341 g/mol. The van der Waals surface area contributed by atoms with Gasteiger partial charge in [-0.15, -0.1) is 11.8 Å². The van der Waals surface area contributed by atoms with Gasteiger partial charge in [0.05, 0.1) is 0 Å². The van der Waals surface area contributed by atoms with Gasteiger partial charge in [-0.2, -0.15) is 0 Å². The van der Waals surface area contributed by atoms with Gasteiger partial charge >= 0.3 is 0 Å². The molecule has 0 amide bonds. The molecule has 1 aliphatic rings. The maximum Gasteiger partial charge on any atom is 0.0217 e. The number of benzene rings is 1. The maximum absolute atomic E-state index is 3.59. The van der Waals surface area contributed by atoms with Crippen molar-refractivity contribution in [3.05, 3.63) is 28.2 Å². The molecule has 0 heterocycles. The van der Waals surface area contributed by atoms with Crippen molar-refractivity contribution in [2.45, 2.75) is 56.2 Å². The van der Waals surface area contributed by atoms with E-state index in [4.69, 9.17) is 0 Å². The minimum atomic E-state index is 0.707. The van der Waals surface area contributed by atoms with Gasteiger partial charge in [0.2, 0.25) is 0 Å². The first-order valence-corrected chi connectivity index (χ1v) is 8.98. The van der Waals surface area contributed by atoms with Crippen LogP contribution < -0.4 is 5.32 Å². The second kappa shape index (κ2) is 7.70. The van der Waals surface area contributed by atoms with Crippen molar-refractivity contribution in [3.63, 3.8) is 0 Å². The summed E-state index contributed by atoms with van der Waals surface area (Å²) in [6.07, 6.45) is 5.60. The van der Waals surface area contributed by atoms with Gasteiger partial charge in [0, 0.05) is 21.2 Å². The molecule has 1 saturated carbocycles. The number of hydrogen-bond acceptors (Lipinski definition) is 2. The molecule has 0 aliphatic heterocycles. The summed E-state index contributed by atoms with van der Waals surface area (Å²) in [6.45, 7) is 6.57. The van der Waals surface area contributed by atoms with Crippen LogP contribution in [0.15, 0.2) is 27.6 Å². The Hall–Kier alpha value is 0.01000. The molecule has 1 aliphatic carbocycles. The van der Waals surface area contributed by atoms with Crippen LogP contribution in [-0.4, -0.2) is 11.8 Å². The molecule has 19 heavy (non-hydrogen) atoms. The molecular formula is C16H24BrNS. The van der Waals surface area contributed by atoms with Crippen molar-refractivity contribution in [1.29, 1.82) is 0 Å². The lowest BCUT2D eigenvalue weighted by molar-refractivity contribution is 0.550. The largest absolute Gasteiger partial charge is 0.312 e. The maximum atomic E-state index is 3.59. The number of halogens is 1. The Kier molecular flexibility index (Phi) is 6.24. The van der Waals surface area contributed by atoms with Gasteiger partial charge in [-0.05, 0) is 49.1 Å². The minimum absolute atomic E-state index is 0.707.